The number of nitrogens with zero attached hydrogens (tertiary/aromatic N) is 2. The molecule has 23 heavy (non-hydrogen) atoms. The second-order valence-corrected chi connectivity index (χ2v) is 5.70. The number of fused-ring (bicyclic) bond motifs is 1. The van der Waals surface area contributed by atoms with E-state index in [0.717, 1.165) is 0 Å². The van der Waals surface area contributed by atoms with Crippen molar-refractivity contribution in [2.75, 3.05) is 20.6 Å². The van der Waals surface area contributed by atoms with E-state index in [1.165, 1.54) is 4.57 Å². The lowest BCUT2D eigenvalue weighted by molar-refractivity contribution is -0.163. The fraction of sp³-hybridized carbons (Fsp3) is 0.538. The van der Waals surface area contributed by atoms with Crippen LogP contribution < -0.4 is 5.56 Å². The average molecular weight is 350 g/mol. The lowest BCUT2D eigenvalue weighted by atomic mass is 10.3. The molecule has 0 bridgehead atoms. The Balaban J connectivity index is 2.34. The SMILES string of the molecule is CN(C)CC(Cn1c(=S)[nH]c(=O)c2[nH]ccc21)OC(F)C(F)F. The highest BCUT2D eigenvalue weighted by Gasteiger charge is 2.25. The van der Waals surface area contributed by atoms with Crippen LogP contribution >= 0.6 is 12.2 Å². The molecule has 2 aromatic rings. The quantitative estimate of drug-likeness (QED) is 0.749. The lowest BCUT2D eigenvalue weighted by Crippen LogP contribution is -2.36. The maximum absolute atomic E-state index is 13.3. The highest BCUT2D eigenvalue weighted by atomic mass is 32.1. The third-order valence-electron chi connectivity index (χ3n) is 3.18. The Kier molecular flexibility index (Phi) is 5.60. The molecule has 0 aliphatic carbocycles. The predicted molar refractivity (Wildman–Crippen MR) is 82.1 cm³/mol. The maximum atomic E-state index is 13.3. The van der Waals surface area contributed by atoms with Gasteiger partial charge in [-0.05, 0) is 32.4 Å². The molecule has 0 fully saturated rings. The first-order chi connectivity index (χ1) is 10.8. The minimum Gasteiger partial charge on any atom is -0.355 e. The first-order valence-corrected chi connectivity index (χ1v) is 7.23. The minimum atomic E-state index is -3.23. The molecule has 2 heterocycles. The Morgan fingerprint density at radius 1 is 1.39 bits per heavy atom. The number of aromatic nitrogens is 3. The van der Waals surface area contributed by atoms with E-state index < -0.39 is 18.9 Å². The molecule has 0 radical (unpaired) electrons. The fourth-order valence-electron chi connectivity index (χ4n) is 2.28. The molecule has 0 saturated carbocycles. The zero-order valence-electron chi connectivity index (χ0n) is 12.6. The van der Waals surface area contributed by atoms with Gasteiger partial charge in [0.1, 0.15) is 5.52 Å². The van der Waals surface area contributed by atoms with Crippen LogP contribution in [-0.4, -0.2) is 59.0 Å². The summed E-state index contributed by atoms with van der Waals surface area (Å²) in [6.45, 7) is 0.231. The zero-order valence-corrected chi connectivity index (χ0v) is 13.4. The Morgan fingerprint density at radius 3 is 2.70 bits per heavy atom. The number of hydrogen-bond donors (Lipinski definition) is 2. The summed E-state index contributed by atoms with van der Waals surface area (Å²) in [4.78, 5) is 18.7. The summed E-state index contributed by atoms with van der Waals surface area (Å²) in [5.74, 6) is 0. The minimum absolute atomic E-state index is 0.0231. The summed E-state index contributed by atoms with van der Waals surface area (Å²) in [6, 6.07) is 1.63. The van der Waals surface area contributed by atoms with Crippen LogP contribution in [0.1, 0.15) is 0 Å². The number of halogens is 3. The standard InChI is InChI=1S/C13H17F3N4O2S/c1-19(2)5-7(22-11(16)10(14)15)6-20-8-3-4-17-9(8)12(21)18-13(20)23/h3-4,7,10-11,17H,5-6H2,1-2H3,(H,18,21,23). The Hall–Kier alpha value is -1.65. The first kappa shape index (κ1) is 17.7. The summed E-state index contributed by atoms with van der Waals surface area (Å²) in [6.07, 6.45) is -5.22. The van der Waals surface area contributed by atoms with Crippen LogP contribution in [-0.2, 0) is 11.3 Å². The molecule has 0 spiro atoms. The fourth-order valence-corrected chi connectivity index (χ4v) is 2.55. The van der Waals surface area contributed by atoms with Crippen molar-refractivity contribution >= 4 is 23.3 Å². The normalized spacial score (nSPS) is 14.7. The van der Waals surface area contributed by atoms with Crippen LogP contribution in [0.15, 0.2) is 17.1 Å². The van der Waals surface area contributed by atoms with E-state index in [1.54, 1.807) is 31.3 Å². The maximum Gasteiger partial charge on any atom is 0.293 e. The summed E-state index contributed by atoms with van der Waals surface area (Å²) in [7, 11) is 3.42. The summed E-state index contributed by atoms with van der Waals surface area (Å²) in [5, 5.41) is 0. The van der Waals surface area contributed by atoms with Crippen LogP contribution in [0.25, 0.3) is 11.0 Å². The molecule has 2 N–H and O–H groups in total. The predicted octanol–water partition coefficient (Wildman–Crippen LogP) is 1.89. The summed E-state index contributed by atoms with van der Waals surface area (Å²) < 4.78 is 44.5. The van der Waals surface area contributed by atoms with Gasteiger partial charge in [0.2, 0.25) is 0 Å². The number of H-pyrrole nitrogens is 2. The molecule has 0 aliphatic heterocycles. The van der Waals surface area contributed by atoms with Crippen molar-refractivity contribution in [2.45, 2.75) is 25.4 Å². The van der Waals surface area contributed by atoms with Gasteiger partial charge in [-0.25, -0.2) is 13.2 Å². The highest BCUT2D eigenvalue weighted by Crippen LogP contribution is 2.15. The molecular formula is C13H17F3N4O2S. The lowest BCUT2D eigenvalue weighted by Gasteiger charge is -2.24. The number of nitrogens with one attached hydrogen (secondary N) is 2. The number of ether oxygens (including phenoxy) is 1. The third-order valence-corrected chi connectivity index (χ3v) is 3.51. The van der Waals surface area contributed by atoms with Crippen molar-refractivity contribution in [3.8, 4) is 0 Å². The van der Waals surface area contributed by atoms with Gasteiger partial charge < -0.3 is 19.2 Å². The van der Waals surface area contributed by atoms with Gasteiger partial charge in [-0.3, -0.25) is 9.78 Å². The van der Waals surface area contributed by atoms with Gasteiger partial charge in [-0.2, -0.15) is 0 Å². The topological polar surface area (TPSA) is 66.0 Å². The molecule has 2 aromatic heterocycles. The molecule has 0 amide bonds. The average Bonchev–Trinajstić information content (AvgIpc) is 2.92. The highest BCUT2D eigenvalue weighted by molar-refractivity contribution is 7.71. The number of aromatic amines is 2. The van der Waals surface area contributed by atoms with E-state index in [0.29, 0.717) is 11.0 Å². The van der Waals surface area contributed by atoms with Crippen molar-refractivity contribution < 1.29 is 17.9 Å². The number of alkyl halides is 3. The van der Waals surface area contributed by atoms with Crippen LogP contribution in [0.3, 0.4) is 0 Å². The van der Waals surface area contributed by atoms with Gasteiger partial charge in [-0.15, -0.1) is 0 Å². The van der Waals surface area contributed by atoms with Gasteiger partial charge in [0, 0.05) is 12.7 Å². The van der Waals surface area contributed by atoms with Gasteiger partial charge in [0.25, 0.3) is 18.3 Å². The zero-order chi connectivity index (χ0) is 17.1. The van der Waals surface area contributed by atoms with E-state index in [2.05, 4.69) is 9.97 Å². The van der Waals surface area contributed by atoms with Gasteiger partial charge in [0.15, 0.2) is 4.77 Å². The van der Waals surface area contributed by atoms with Gasteiger partial charge in [0.05, 0.1) is 18.2 Å². The van der Waals surface area contributed by atoms with E-state index in [9.17, 15) is 18.0 Å². The number of likely N-dealkylation sites (N-methyl/N-ethyl adjacent to an activating group) is 1. The molecule has 2 atom stereocenters. The van der Waals surface area contributed by atoms with Crippen LogP contribution in [0, 0.1) is 4.77 Å². The largest absolute Gasteiger partial charge is 0.355 e. The molecule has 2 unspecified atom stereocenters. The smallest absolute Gasteiger partial charge is 0.293 e. The molecule has 0 aliphatic rings. The Morgan fingerprint density at radius 2 is 2.09 bits per heavy atom. The van der Waals surface area contributed by atoms with Crippen molar-refractivity contribution in [2.24, 2.45) is 0 Å². The van der Waals surface area contributed by atoms with E-state index in [4.69, 9.17) is 17.0 Å². The van der Waals surface area contributed by atoms with E-state index >= 15 is 0 Å². The molecule has 128 valence electrons. The Bertz CT molecular complexity index is 770. The van der Waals surface area contributed by atoms with Crippen LogP contribution in [0.2, 0.25) is 0 Å². The second kappa shape index (κ2) is 7.28. The summed E-state index contributed by atoms with van der Waals surface area (Å²) in [5.41, 5.74) is 0.415. The van der Waals surface area contributed by atoms with Crippen molar-refractivity contribution in [3.63, 3.8) is 0 Å². The Labute approximate surface area is 134 Å². The number of rotatable bonds is 7. The molecule has 2 rings (SSSR count). The van der Waals surface area contributed by atoms with Crippen LogP contribution in [0.4, 0.5) is 13.2 Å². The van der Waals surface area contributed by atoms with Crippen LogP contribution in [0.5, 0.6) is 0 Å². The number of hydrogen-bond acceptors (Lipinski definition) is 4. The van der Waals surface area contributed by atoms with Gasteiger partial charge in [-0.1, -0.05) is 0 Å². The molecule has 10 heteroatoms. The molecular weight excluding hydrogens is 333 g/mol. The third kappa shape index (κ3) is 4.21. The monoisotopic (exact) mass is 350 g/mol. The summed E-state index contributed by atoms with van der Waals surface area (Å²) >= 11 is 5.11. The van der Waals surface area contributed by atoms with E-state index in [-0.39, 0.29) is 23.4 Å². The molecule has 0 saturated heterocycles. The van der Waals surface area contributed by atoms with Crippen molar-refractivity contribution in [3.05, 3.63) is 27.4 Å². The van der Waals surface area contributed by atoms with E-state index in [1.807, 2.05) is 0 Å². The van der Waals surface area contributed by atoms with Crippen molar-refractivity contribution in [1.29, 1.82) is 0 Å². The first-order valence-electron chi connectivity index (χ1n) is 6.82. The van der Waals surface area contributed by atoms with Gasteiger partial charge >= 0.3 is 0 Å². The molecule has 6 nitrogen and oxygen atoms in total. The molecule has 0 aromatic carbocycles. The second-order valence-electron chi connectivity index (χ2n) is 5.31. The van der Waals surface area contributed by atoms with Crippen molar-refractivity contribution in [1.82, 2.24) is 19.4 Å².